The minimum atomic E-state index is -0.491. The maximum Gasteiger partial charge on any atom is 0.321 e. The minimum Gasteiger partial charge on any atom is -0.352 e. The fourth-order valence-electron chi connectivity index (χ4n) is 3.56. The Morgan fingerprint density at radius 3 is 2.24 bits per heavy atom. The lowest BCUT2D eigenvalue weighted by Crippen LogP contribution is -2.49. The number of likely N-dealkylation sites (N-methyl/N-ethyl adjacent to an activating group) is 1. The number of hydrogen-bond donors (Lipinski definition) is 2. The Labute approximate surface area is 170 Å². The van der Waals surface area contributed by atoms with Crippen LogP contribution in [0.3, 0.4) is 0 Å². The fraction of sp³-hybridized carbons (Fsp3) is 0.364. The van der Waals surface area contributed by atoms with Gasteiger partial charge in [-0.3, -0.25) is 9.69 Å². The standard InChI is InChI=1S/C22H27FN4O2/c1-26(2)20(16-8-10-17(23)11-9-16)21(28)24-19-12-14-27(15-13-19)22(29)25-18-6-4-3-5-7-18/h3-11,19-20H,12-15H2,1-2H3,(H,24,28)(H,25,29). The van der Waals surface area contributed by atoms with Crippen LogP contribution in [-0.2, 0) is 4.79 Å². The van der Waals surface area contributed by atoms with Crippen molar-refractivity contribution in [3.63, 3.8) is 0 Å². The van der Waals surface area contributed by atoms with E-state index in [4.69, 9.17) is 0 Å². The molecule has 1 atom stereocenters. The number of nitrogens with zero attached hydrogens (tertiary/aromatic N) is 2. The summed E-state index contributed by atoms with van der Waals surface area (Å²) < 4.78 is 13.2. The maximum atomic E-state index is 13.2. The van der Waals surface area contributed by atoms with Crippen LogP contribution in [-0.4, -0.2) is 55.0 Å². The molecule has 3 rings (SSSR count). The van der Waals surface area contributed by atoms with Crippen LogP contribution >= 0.6 is 0 Å². The molecule has 0 radical (unpaired) electrons. The summed E-state index contributed by atoms with van der Waals surface area (Å²) in [5.41, 5.74) is 1.51. The molecule has 2 aromatic rings. The molecule has 1 aliphatic rings. The number of anilines is 1. The third-order valence-electron chi connectivity index (χ3n) is 5.10. The van der Waals surface area contributed by atoms with Gasteiger partial charge in [0.25, 0.3) is 0 Å². The van der Waals surface area contributed by atoms with E-state index in [0.717, 1.165) is 11.3 Å². The molecule has 2 aromatic carbocycles. The predicted octanol–water partition coefficient (Wildman–Crippen LogP) is 3.24. The Kier molecular flexibility index (Phi) is 6.82. The van der Waals surface area contributed by atoms with Crippen molar-refractivity contribution in [2.24, 2.45) is 0 Å². The second kappa shape index (κ2) is 9.52. The molecule has 0 aliphatic carbocycles. The number of likely N-dealkylation sites (tertiary alicyclic amines) is 1. The summed E-state index contributed by atoms with van der Waals surface area (Å²) in [5, 5.41) is 5.98. The Morgan fingerprint density at radius 2 is 1.66 bits per heavy atom. The summed E-state index contributed by atoms with van der Waals surface area (Å²) in [4.78, 5) is 28.8. The Balaban J connectivity index is 1.53. The van der Waals surface area contributed by atoms with Crippen LogP contribution in [0.1, 0.15) is 24.4 Å². The maximum absolute atomic E-state index is 13.2. The lowest BCUT2D eigenvalue weighted by Gasteiger charge is -2.34. The molecular formula is C22H27FN4O2. The summed E-state index contributed by atoms with van der Waals surface area (Å²) in [7, 11) is 3.65. The van der Waals surface area contributed by atoms with Gasteiger partial charge in [0.05, 0.1) is 0 Å². The highest BCUT2D eigenvalue weighted by atomic mass is 19.1. The summed E-state index contributed by atoms with van der Waals surface area (Å²) in [6.07, 6.45) is 1.38. The van der Waals surface area contributed by atoms with E-state index in [1.165, 1.54) is 12.1 Å². The number of amides is 3. The second-order valence-electron chi connectivity index (χ2n) is 7.48. The molecule has 6 nitrogen and oxygen atoms in total. The second-order valence-corrected chi connectivity index (χ2v) is 7.48. The highest BCUT2D eigenvalue weighted by Crippen LogP contribution is 2.20. The number of urea groups is 1. The SMILES string of the molecule is CN(C)C(C(=O)NC1CCN(C(=O)Nc2ccccc2)CC1)c1ccc(F)cc1. The van der Waals surface area contributed by atoms with E-state index in [1.807, 2.05) is 49.3 Å². The largest absolute Gasteiger partial charge is 0.352 e. The third kappa shape index (κ3) is 5.54. The third-order valence-corrected chi connectivity index (χ3v) is 5.10. The average Bonchev–Trinajstić information content (AvgIpc) is 2.70. The van der Waals surface area contributed by atoms with Crippen LogP contribution in [0.15, 0.2) is 54.6 Å². The quantitative estimate of drug-likeness (QED) is 0.813. The number of benzene rings is 2. The van der Waals surface area contributed by atoms with Crippen LogP contribution in [0.5, 0.6) is 0 Å². The smallest absolute Gasteiger partial charge is 0.321 e. The number of nitrogens with one attached hydrogen (secondary N) is 2. The van der Waals surface area contributed by atoms with Crippen molar-refractivity contribution in [3.8, 4) is 0 Å². The first-order valence-corrected chi connectivity index (χ1v) is 9.77. The van der Waals surface area contributed by atoms with E-state index in [2.05, 4.69) is 10.6 Å². The van der Waals surface area contributed by atoms with E-state index in [9.17, 15) is 14.0 Å². The molecule has 0 spiro atoms. The normalized spacial score (nSPS) is 15.8. The highest BCUT2D eigenvalue weighted by Gasteiger charge is 2.28. The van der Waals surface area contributed by atoms with Crippen LogP contribution in [0, 0.1) is 5.82 Å². The zero-order chi connectivity index (χ0) is 20.8. The molecule has 3 amide bonds. The van der Waals surface area contributed by atoms with Gasteiger partial charge in [-0.2, -0.15) is 0 Å². The molecule has 7 heteroatoms. The van der Waals surface area contributed by atoms with Gasteiger partial charge in [-0.15, -0.1) is 0 Å². The summed E-state index contributed by atoms with van der Waals surface area (Å²) >= 11 is 0. The Morgan fingerprint density at radius 1 is 1.03 bits per heavy atom. The average molecular weight is 398 g/mol. The predicted molar refractivity (Wildman–Crippen MR) is 111 cm³/mol. The number of hydrogen-bond acceptors (Lipinski definition) is 3. The van der Waals surface area contributed by atoms with E-state index >= 15 is 0 Å². The van der Waals surface area contributed by atoms with Gasteiger partial charge in [0, 0.05) is 24.8 Å². The van der Waals surface area contributed by atoms with E-state index < -0.39 is 6.04 Å². The number of carbonyl (C=O) groups is 2. The summed E-state index contributed by atoms with van der Waals surface area (Å²) in [6.45, 7) is 1.15. The van der Waals surface area contributed by atoms with Crippen LogP contribution < -0.4 is 10.6 Å². The molecule has 1 fully saturated rings. The fourth-order valence-corrected chi connectivity index (χ4v) is 3.56. The molecule has 29 heavy (non-hydrogen) atoms. The molecule has 1 aliphatic heterocycles. The van der Waals surface area contributed by atoms with E-state index in [1.54, 1.807) is 17.0 Å². The summed E-state index contributed by atoms with van der Waals surface area (Å²) in [6, 6.07) is 14.7. The van der Waals surface area contributed by atoms with Gasteiger partial charge >= 0.3 is 6.03 Å². The van der Waals surface area contributed by atoms with Crippen molar-refractivity contribution < 1.29 is 14.0 Å². The first-order valence-electron chi connectivity index (χ1n) is 9.77. The van der Waals surface area contributed by atoms with Crippen molar-refractivity contribution in [1.29, 1.82) is 0 Å². The topological polar surface area (TPSA) is 64.7 Å². The van der Waals surface area contributed by atoms with Gasteiger partial charge in [-0.05, 0) is 56.8 Å². The highest BCUT2D eigenvalue weighted by molar-refractivity contribution is 5.89. The van der Waals surface area contributed by atoms with Crippen molar-refractivity contribution in [2.45, 2.75) is 24.9 Å². The van der Waals surface area contributed by atoms with Crippen LogP contribution in [0.25, 0.3) is 0 Å². The molecular weight excluding hydrogens is 371 g/mol. The zero-order valence-electron chi connectivity index (χ0n) is 16.8. The van der Waals surface area contributed by atoms with Gasteiger partial charge in [-0.25, -0.2) is 9.18 Å². The monoisotopic (exact) mass is 398 g/mol. The van der Waals surface area contributed by atoms with Gasteiger partial charge in [0.1, 0.15) is 11.9 Å². The molecule has 0 aromatic heterocycles. The van der Waals surface area contributed by atoms with Crippen molar-refractivity contribution >= 4 is 17.6 Å². The molecule has 1 heterocycles. The Hall–Kier alpha value is -2.93. The number of rotatable bonds is 5. The molecule has 1 unspecified atom stereocenters. The van der Waals surface area contributed by atoms with E-state index in [-0.39, 0.29) is 23.8 Å². The van der Waals surface area contributed by atoms with Gasteiger partial charge < -0.3 is 15.5 Å². The lowest BCUT2D eigenvalue weighted by atomic mass is 10.0. The first-order chi connectivity index (χ1) is 13.9. The van der Waals surface area contributed by atoms with Crippen LogP contribution in [0.4, 0.5) is 14.9 Å². The number of carbonyl (C=O) groups excluding carboxylic acids is 2. The number of halogens is 1. The molecule has 1 saturated heterocycles. The van der Waals surface area contributed by atoms with Crippen LogP contribution in [0.2, 0.25) is 0 Å². The lowest BCUT2D eigenvalue weighted by molar-refractivity contribution is -0.126. The van der Waals surface area contributed by atoms with Gasteiger partial charge in [0.2, 0.25) is 5.91 Å². The van der Waals surface area contributed by atoms with Gasteiger partial charge in [-0.1, -0.05) is 30.3 Å². The summed E-state index contributed by atoms with van der Waals surface area (Å²) in [5.74, 6) is -0.443. The zero-order valence-corrected chi connectivity index (χ0v) is 16.8. The number of para-hydroxylation sites is 1. The molecule has 154 valence electrons. The van der Waals surface area contributed by atoms with Crippen molar-refractivity contribution in [1.82, 2.24) is 15.1 Å². The van der Waals surface area contributed by atoms with E-state index in [0.29, 0.717) is 25.9 Å². The van der Waals surface area contributed by atoms with Crippen molar-refractivity contribution in [3.05, 3.63) is 66.0 Å². The molecule has 0 bridgehead atoms. The first kappa shape index (κ1) is 20.8. The van der Waals surface area contributed by atoms with Crippen molar-refractivity contribution in [2.75, 3.05) is 32.5 Å². The van der Waals surface area contributed by atoms with Gasteiger partial charge in [0.15, 0.2) is 0 Å². The number of piperidine rings is 1. The minimum absolute atomic E-state index is 0.00572. The Bertz CT molecular complexity index is 818. The molecule has 2 N–H and O–H groups in total. The molecule has 0 saturated carbocycles.